The SMILES string of the molecule is COc1cc(F)c(Br)cc1C(O)c1ccc(F)c(F)c1F. The predicted molar refractivity (Wildman–Crippen MR) is 71.0 cm³/mol. The maximum atomic E-state index is 13.7. The van der Waals surface area contributed by atoms with E-state index in [1.807, 2.05) is 0 Å². The largest absolute Gasteiger partial charge is 0.496 e. The molecule has 2 aromatic rings. The maximum Gasteiger partial charge on any atom is 0.194 e. The van der Waals surface area contributed by atoms with Crippen LogP contribution in [0.5, 0.6) is 5.75 Å². The molecular formula is C14H9BrF4O2. The number of hydrogen-bond donors (Lipinski definition) is 1. The van der Waals surface area contributed by atoms with Crippen LogP contribution in [0.3, 0.4) is 0 Å². The van der Waals surface area contributed by atoms with Crippen LogP contribution in [0.2, 0.25) is 0 Å². The Morgan fingerprint density at radius 2 is 1.67 bits per heavy atom. The van der Waals surface area contributed by atoms with E-state index in [0.717, 1.165) is 12.1 Å². The average molecular weight is 365 g/mol. The second-order valence-corrected chi connectivity index (χ2v) is 5.03. The van der Waals surface area contributed by atoms with Crippen molar-refractivity contribution in [2.24, 2.45) is 0 Å². The van der Waals surface area contributed by atoms with Crippen LogP contribution in [0.25, 0.3) is 0 Å². The zero-order valence-electron chi connectivity index (χ0n) is 10.6. The summed E-state index contributed by atoms with van der Waals surface area (Å²) < 4.78 is 58.2. The van der Waals surface area contributed by atoms with Crippen molar-refractivity contribution in [2.75, 3.05) is 7.11 Å². The minimum Gasteiger partial charge on any atom is -0.496 e. The molecule has 0 bridgehead atoms. The first-order chi connectivity index (χ1) is 9.86. The van der Waals surface area contributed by atoms with Gasteiger partial charge in [0.15, 0.2) is 17.5 Å². The van der Waals surface area contributed by atoms with Crippen LogP contribution >= 0.6 is 15.9 Å². The van der Waals surface area contributed by atoms with Crippen molar-refractivity contribution in [3.63, 3.8) is 0 Å². The Bertz CT molecular complexity index is 691. The van der Waals surface area contributed by atoms with E-state index in [4.69, 9.17) is 4.74 Å². The van der Waals surface area contributed by atoms with Crippen molar-refractivity contribution in [2.45, 2.75) is 6.10 Å². The van der Waals surface area contributed by atoms with Crippen molar-refractivity contribution < 1.29 is 27.4 Å². The molecule has 112 valence electrons. The molecule has 2 aromatic carbocycles. The molecule has 7 heteroatoms. The summed E-state index contributed by atoms with van der Waals surface area (Å²) in [5, 5.41) is 10.2. The summed E-state index contributed by atoms with van der Waals surface area (Å²) >= 11 is 2.93. The van der Waals surface area contributed by atoms with E-state index in [-0.39, 0.29) is 15.8 Å². The molecule has 0 aromatic heterocycles. The lowest BCUT2D eigenvalue weighted by atomic mass is 9.99. The zero-order valence-corrected chi connectivity index (χ0v) is 12.2. The molecule has 2 nitrogen and oxygen atoms in total. The van der Waals surface area contributed by atoms with Gasteiger partial charge in [-0.15, -0.1) is 0 Å². The molecule has 2 rings (SSSR count). The Morgan fingerprint density at radius 1 is 1.00 bits per heavy atom. The Hall–Kier alpha value is -1.60. The minimum absolute atomic E-state index is 0.00989. The van der Waals surface area contributed by atoms with E-state index in [2.05, 4.69) is 15.9 Å². The van der Waals surface area contributed by atoms with Crippen LogP contribution < -0.4 is 4.74 Å². The van der Waals surface area contributed by atoms with Crippen LogP contribution in [-0.4, -0.2) is 12.2 Å². The molecule has 0 amide bonds. The number of aliphatic hydroxyl groups is 1. The van der Waals surface area contributed by atoms with Crippen LogP contribution in [0, 0.1) is 23.3 Å². The molecule has 0 aliphatic heterocycles. The van der Waals surface area contributed by atoms with E-state index < -0.39 is 34.9 Å². The lowest BCUT2D eigenvalue weighted by molar-refractivity contribution is 0.207. The van der Waals surface area contributed by atoms with E-state index in [0.29, 0.717) is 6.07 Å². The second-order valence-electron chi connectivity index (χ2n) is 4.18. The third kappa shape index (κ3) is 2.89. The fourth-order valence-corrected chi connectivity index (χ4v) is 2.22. The number of aliphatic hydroxyl groups excluding tert-OH is 1. The van der Waals surface area contributed by atoms with Gasteiger partial charge in [-0.1, -0.05) is 6.07 Å². The van der Waals surface area contributed by atoms with Gasteiger partial charge in [0.1, 0.15) is 17.7 Å². The second kappa shape index (κ2) is 6.03. The van der Waals surface area contributed by atoms with Crippen molar-refractivity contribution in [3.8, 4) is 5.75 Å². The van der Waals surface area contributed by atoms with E-state index in [1.54, 1.807) is 0 Å². The average Bonchev–Trinajstić information content (AvgIpc) is 2.46. The summed E-state index contributed by atoms with van der Waals surface area (Å²) in [5.74, 6) is -5.26. The van der Waals surface area contributed by atoms with E-state index in [1.165, 1.54) is 13.2 Å². The fourth-order valence-electron chi connectivity index (χ4n) is 1.85. The summed E-state index contributed by atoms with van der Waals surface area (Å²) in [6.45, 7) is 0. The summed E-state index contributed by atoms with van der Waals surface area (Å²) in [6.07, 6.45) is -1.65. The highest BCUT2D eigenvalue weighted by Crippen LogP contribution is 2.35. The minimum atomic E-state index is -1.69. The Labute approximate surface area is 126 Å². The van der Waals surface area contributed by atoms with Gasteiger partial charge in [-0.3, -0.25) is 0 Å². The van der Waals surface area contributed by atoms with Gasteiger partial charge >= 0.3 is 0 Å². The van der Waals surface area contributed by atoms with Crippen LogP contribution in [0.4, 0.5) is 17.6 Å². The third-order valence-corrected chi connectivity index (χ3v) is 3.53. The summed E-state index contributed by atoms with van der Waals surface area (Å²) in [4.78, 5) is 0. The lowest BCUT2D eigenvalue weighted by Crippen LogP contribution is -2.08. The van der Waals surface area contributed by atoms with Gasteiger partial charge in [-0.05, 0) is 28.1 Å². The van der Waals surface area contributed by atoms with Gasteiger partial charge in [-0.2, -0.15) is 0 Å². The van der Waals surface area contributed by atoms with Gasteiger partial charge in [0.2, 0.25) is 0 Å². The normalized spacial score (nSPS) is 12.3. The first-order valence-electron chi connectivity index (χ1n) is 5.71. The number of benzene rings is 2. The molecule has 0 aliphatic carbocycles. The van der Waals surface area contributed by atoms with Crippen molar-refractivity contribution in [3.05, 3.63) is 63.1 Å². The number of methoxy groups -OCH3 is 1. The lowest BCUT2D eigenvalue weighted by Gasteiger charge is -2.17. The van der Waals surface area contributed by atoms with E-state index >= 15 is 0 Å². The molecule has 0 saturated heterocycles. The van der Waals surface area contributed by atoms with Gasteiger partial charge in [0.25, 0.3) is 0 Å². The predicted octanol–water partition coefficient (Wildman–Crippen LogP) is 4.10. The van der Waals surface area contributed by atoms with Gasteiger partial charge in [0.05, 0.1) is 11.6 Å². The van der Waals surface area contributed by atoms with Crippen molar-refractivity contribution in [1.29, 1.82) is 0 Å². The topological polar surface area (TPSA) is 29.5 Å². The first-order valence-corrected chi connectivity index (χ1v) is 6.50. The van der Waals surface area contributed by atoms with Gasteiger partial charge in [-0.25, -0.2) is 17.6 Å². The number of hydrogen-bond acceptors (Lipinski definition) is 2. The van der Waals surface area contributed by atoms with Crippen molar-refractivity contribution in [1.82, 2.24) is 0 Å². The highest BCUT2D eigenvalue weighted by Gasteiger charge is 2.24. The molecule has 1 unspecified atom stereocenters. The molecule has 0 fully saturated rings. The molecule has 0 spiro atoms. The molecule has 0 radical (unpaired) electrons. The highest BCUT2D eigenvalue weighted by molar-refractivity contribution is 9.10. The fraction of sp³-hybridized carbons (Fsp3) is 0.143. The molecule has 1 atom stereocenters. The number of rotatable bonds is 3. The first kappa shape index (κ1) is 15.8. The smallest absolute Gasteiger partial charge is 0.194 e. The molecule has 21 heavy (non-hydrogen) atoms. The quantitative estimate of drug-likeness (QED) is 0.656. The van der Waals surface area contributed by atoms with Crippen LogP contribution in [-0.2, 0) is 0 Å². The standard InChI is InChI=1S/C14H9BrF4O2/c1-21-11-5-10(17)8(15)4-7(11)14(20)6-2-3-9(16)13(19)12(6)18/h2-5,14,20H,1H3. The molecule has 0 saturated carbocycles. The molecular weight excluding hydrogens is 356 g/mol. The Morgan fingerprint density at radius 3 is 2.29 bits per heavy atom. The summed E-state index contributed by atoms with van der Waals surface area (Å²) in [5.41, 5.74) is -0.471. The number of halogens is 5. The highest BCUT2D eigenvalue weighted by atomic mass is 79.9. The summed E-state index contributed by atoms with van der Waals surface area (Å²) in [6, 6.07) is 3.77. The Kier molecular flexibility index (Phi) is 4.53. The van der Waals surface area contributed by atoms with Crippen LogP contribution in [0.1, 0.15) is 17.2 Å². The number of ether oxygens (including phenoxy) is 1. The maximum absolute atomic E-state index is 13.7. The monoisotopic (exact) mass is 364 g/mol. The molecule has 0 heterocycles. The van der Waals surface area contributed by atoms with Gasteiger partial charge < -0.3 is 9.84 Å². The Balaban J connectivity index is 2.57. The summed E-state index contributed by atoms with van der Waals surface area (Å²) in [7, 11) is 1.24. The van der Waals surface area contributed by atoms with Crippen molar-refractivity contribution >= 4 is 15.9 Å². The van der Waals surface area contributed by atoms with Gasteiger partial charge in [0, 0.05) is 17.2 Å². The van der Waals surface area contributed by atoms with Crippen LogP contribution in [0.15, 0.2) is 28.7 Å². The zero-order chi connectivity index (χ0) is 15.7. The molecule has 0 aliphatic rings. The third-order valence-electron chi connectivity index (χ3n) is 2.93. The molecule has 1 N–H and O–H groups in total. The van der Waals surface area contributed by atoms with E-state index in [9.17, 15) is 22.7 Å².